The zero-order valence-corrected chi connectivity index (χ0v) is 11.9. The van der Waals surface area contributed by atoms with E-state index in [-0.39, 0.29) is 5.69 Å². The van der Waals surface area contributed by atoms with Crippen LogP contribution < -0.4 is 10.6 Å². The highest BCUT2D eigenvalue weighted by Crippen LogP contribution is 2.34. The first-order valence-corrected chi connectivity index (χ1v) is 6.51. The Kier molecular flexibility index (Phi) is 4.11. The summed E-state index contributed by atoms with van der Waals surface area (Å²) in [7, 11) is 1.81. The highest BCUT2D eigenvalue weighted by molar-refractivity contribution is 5.68. The van der Waals surface area contributed by atoms with Gasteiger partial charge in [0.15, 0.2) is 0 Å². The molecule has 0 bridgehead atoms. The Morgan fingerprint density at radius 2 is 1.81 bits per heavy atom. The van der Waals surface area contributed by atoms with Crippen LogP contribution in [0, 0.1) is 6.92 Å². The lowest BCUT2D eigenvalue weighted by molar-refractivity contribution is -0.137. The molecule has 2 nitrogen and oxygen atoms in total. The first-order chi connectivity index (χ1) is 9.77. The van der Waals surface area contributed by atoms with Gasteiger partial charge in [-0.15, -0.1) is 0 Å². The Hall–Kier alpha value is -2.17. The summed E-state index contributed by atoms with van der Waals surface area (Å²) < 4.78 is 37.9. The van der Waals surface area contributed by atoms with Crippen molar-refractivity contribution in [1.29, 1.82) is 0 Å². The van der Waals surface area contributed by atoms with Crippen molar-refractivity contribution in [1.82, 2.24) is 0 Å². The fourth-order valence-corrected chi connectivity index (χ4v) is 2.25. The highest BCUT2D eigenvalue weighted by Gasteiger charge is 2.31. The zero-order valence-electron chi connectivity index (χ0n) is 11.9. The van der Waals surface area contributed by atoms with E-state index in [2.05, 4.69) is 0 Å². The molecule has 0 heterocycles. The summed E-state index contributed by atoms with van der Waals surface area (Å²) in [5.41, 5.74) is 7.96. The molecular weight excluding hydrogens is 277 g/mol. The highest BCUT2D eigenvalue weighted by atomic mass is 19.4. The number of anilines is 2. The van der Waals surface area contributed by atoms with Crippen molar-refractivity contribution in [3.8, 4) is 0 Å². The number of aryl methyl sites for hydroxylation is 1. The topological polar surface area (TPSA) is 29.3 Å². The molecule has 112 valence electrons. The third kappa shape index (κ3) is 3.68. The van der Waals surface area contributed by atoms with E-state index in [1.54, 1.807) is 7.05 Å². The van der Waals surface area contributed by atoms with Crippen LogP contribution in [0.3, 0.4) is 0 Å². The average Bonchev–Trinajstić information content (AvgIpc) is 2.37. The number of nitrogens with zero attached hydrogens (tertiary/aromatic N) is 1. The maximum Gasteiger partial charge on any atom is 0.416 e. The first-order valence-electron chi connectivity index (χ1n) is 6.51. The lowest BCUT2D eigenvalue weighted by atomic mass is 10.1. The molecule has 0 atom stereocenters. The van der Waals surface area contributed by atoms with Gasteiger partial charge in [-0.3, -0.25) is 0 Å². The van der Waals surface area contributed by atoms with Crippen LogP contribution in [0.5, 0.6) is 0 Å². The quantitative estimate of drug-likeness (QED) is 0.858. The number of rotatable bonds is 3. The number of hydrogen-bond donors (Lipinski definition) is 1. The Labute approximate surface area is 122 Å². The van der Waals surface area contributed by atoms with Gasteiger partial charge in [-0.2, -0.15) is 13.2 Å². The second-order valence-corrected chi connectivity index (χ2v) is 5.12. The molecule has 0 saturated carbocycles. The molecule has 21 heavy (non-hydrogen) atoms. The number of halogens is 3. The van der Waals surface area contributed by atoms with E-state index < -0.39 is 11.7 Å². The van der Waals surface area contributed by atoms with Gasteiger partial charge in [0.05, 0.1) is 16.9 Å². The van der Waals surface area contributed by atoms with Crippen LogP contribution in [0.25, 0.3) is 0 Å². The van der Waals surface area contributed by atoms with Crippen molar-refractivity contribution in [3.05, 3.63) is 59.2 Å². The van der Waals surface area contributed by atoms with E-state index in [1.807, 2.05) is 36.1 Å². The minimum atomic E-state index is -4.37. The molecule has 2 aromatic carbocycles. The summed E-state index contributed by atoms with van der Waals surface area (Å²) in [6.07, 6.45) is -4.37. The minimum Gasteiger partial charge on any atom is -0.397 e. The van der Waals surface area contributed by atoms with Crippen LogP contribution in [0.4, 0.5) is 24.5 Å². The Morgan fingerprint density at radius 3 is 2.38 bits per heavy atom. The van der Waals surface area contributed by atoms with E-state index in [0.29, 0.717) is 12.2 Å². The van der Waals surface area contributed by atoms with Gasteiger partial charge in [0.1, 0.15) is 0 Å². The van der Waals surface area contributed by atoms with Gasteiger partial charge in [0.25, 0.3) is 0 Å². The van der Waals surface area contributed by atoms with Crippen LogP contribution in [-0.4, -0.2) is 7.05 Å². The zero-order chi connectivity index (χ0) is 15.6. The molecule has 2 N–H and O–H groups in total. The lowest BCUT2D eigenvalue weighted by Gasteiger charge is -2.22. The number of hydrogen-bond acceptors (Lipinski definition) is 2. The first kappa shape index (κ1) is 15.2. The van der Waals surface area contributed by atoms with Gasteiger partial charge >= 0.3 is 6.18 Å². The normalized spacial score (nSPS) is 11.5. The Bertz CT molecular complexity index is 636. The molecule has 0 aliphatic carbocycles. The van der Waals surface area contributed by atoms with Gasteiger partial charge in [0.2, 0.25) is 0 Å². The summed E-state index contributed by atoms with van der Waals surface area (Å²) in [5, 5.41) is 0. The molecule has 0 amide bonds. The number of nitrogens with two attached hydrogens (primary N) is 1. The molecular formula is C16H17F3N2. The summed E-state index contributed by atoms with van der Waals surface area (Å²) in [6.45, 7) is 2.58. The summed E-state index contributed by atoms with van der Waals surface area (Å²) in [5.74, 6) is 0. The van der Waals surface area contributed by atoms with Gasteiger partial charge in [-0.05, 0) is 30.7 Å². The van der Waals surface area contributed by atoms with Crippen molar-refractivity contribution >= 4 is 11.4 Å². The Balaban J connectivity index is 2.22. The van der Waals surface area contributed by atoms with Crippen LogP contribution >= 0.6 is 0 Å². The van der Waals surface area contributed by atoms with Gasteiger partial charge in [-0.1, -0.05) is 29.8 Å². The maximum absolute atomic E-state index is 12.6. The molecule has 0 spiro atoms. The molecule has 0 aliphatic rings. The summed E-state index contributed by atoms with van der Waals surface area (Å²) in [4.78, 5) is 1.84. The maximum atomic E-state index is 12.6. The van der Waals surface area contributed by atoms with E-state index in [0.717, 1.165) is 23.3 Å². The SMILES string of the molecule is Cc1cccc(CN(C)c2ccc(C(F)(F)F)cc2N)c1. The molecule has 0 aromatic heterocycles. The van der Waals surface area contributed by atoms with Crippen LogP contribution in [0.1, 0.15) is 16.7 Å². The molecule has 0 radical (unpaired) electrons. The van der Waals surface area contributed by atoms with Crippen molar-refractivity contribution in [2.45, 2.75) is 19.6 Å². The minimum absolute atomic E-state index is 0.125. The van der Waals surface area contributed by atoms with Crippen LogP contribution in [-0.2, 0) is 12.7 Å². The van der Waals surface area contributed by atoms with Crippen molar-refractivity contribution in [2.24, 2.45) is 0 Å². The van der Waals surface area contributed by atoms with Gasteiger partial charge in [0, 0.05) is 13.6 Å². The molecule has 0 saturated heterocycles. The number of nitrogen functional groups attached to an aromatic ring is 1. The van der Waals surface area contributed by atoms with Crippen molar-refractivity contribution in [2.75, 3.05) is 17.7 Å². The van der Waals surface area contributed by atoms with Crippen molar-refractivity contribution < 1.29 is 13.2 Å². The van der Waals surface area contributed by atoms with Crippen LogP contribution in [0.2, 0.25) is 0 Å². The molecule has 0 unspecified atom stereocenters. The number of alkyl halides is 3. The van der Waals surface area contributed by atoms with Crippen LogP contribution in [0.15, 0.2) is 42.5 Å². The third-order valence-corrected chi connectivity index (χ3v) is 3.27. The monoisotopic (exact) mass is 294 g/mol. The lowest BCUT2D eigenvalue weighted by Crippen LogP contribution is -2.18. The third-order valence-electron chi connectivity index (χ3n) is 3.27. The standard InChI is InChI=1S/C16H17F3N2/c1-11-4-3-5-12(8-11)10-21(2)15-7-6-13(9-14(15)20)16(17,18)19/h3-9H,10,20H2,1-2H3. The summed E-state index contributed by atoms with van der Waals surface area (Å²) >= 11 is 0. The molecule has 2 aromatic rings. The van der Waals surface area contributed by atoms with Gasteiger partial charge < -0.3 is 10.6 Å². The van der Waals surface area contributed by atoms with E-state index >= 15 is 0 Å². The largest absolute Gasteiger partial charge is 0.416 e. The van der Waals surface area contributed by atoms with E-state index in [4.69, 9.17) is 5.73 Å². The molecule has 0 aliphatic heterocycles. The second kappa shape index (κ2) is 5.68. The predicted molar refractivity (Wildman–Crippen MR) is 79.1 cm³/mol. The fourth-order valence-electron chi connectivity index (χ4n) is 2.25. The number of benzene rings is 2. The fraction of sp³-hybridized carbons (Fsp3) is 0.250. The molecule has 0 fully saturated rings. The van der Waals surface area contributed by atoms with Gasteiger partial charge in [-0.25, -0.2) is 0 Å². The predicted octanol–water partition coefficient (Wildman–Crippen LogP) is 4.23. The smallest absolute Gasteiger partial charge is 0.397 e. The Morgan fingerprint density at radius 1 is 1.10 bits per heavy atom. The summed E-state index contributed by atoms with van der Waals surface area (Å²) in [6, 6.07) is 11.4. The van der Waals surface area contributed by atoms with Crippen molar-refractivity contribution in [3.63, 3.8) is 0 Å². The molecule has 5 heteroatoms. The average molecular weight is 294 g/mol. The second-order valence-electron chi connectivity index (χ2n) is 5.12. The molecule has 2 rings (SSSR count). The van der Waals surface area contributed by atoms with E-state index in [9.17, 15) is 13.2 Å². The van der Waals surface area contributed by atoms with E-state index in [1.165, 1.54) is 6.07 Å².